The van der Waals surface area contributed by atoms with Crippen molar-refractivity contribution in [1.29, 1.82) is 5.41 Å². The van der Waals surface area contributed by atoms with Crippen LogP contribution in [0.3, 0.4) is 0 Å². The third kappa shape index (κ3) is 3.10. The van der Waals surface area contributed by atoms with Gasteiger partial charge in [0.2, 0.25) is 0 Å². The fourth-order valence-electron chi connectivity index (χ4n) is 3.15. The average Bonchev–Trinajstić information content (AvgIpc) is 3.32. The van der Waals surface area contributed by atoms with Gasteiger partial charge in [-0.15, -0.1) is 11.3 Å². The van der Waals surface area contributed by atoms with E-state index in [0.29, 0.717) is 27.8 Å². The van der Waals surface area contributed by atoms with Crippen LogP contribution < -0.4 is 14.4 Å². The molecule has 0 fully saturated rings. The summed E-state index contributed by atoms with van der Waals surface area (Å²) in [5, 5.41) is 21.8. The smallest absolute Gasteiger partial charge is 0.146 e. The molecule has 1 aliphatic rings. The maximum Gasteiger partial charge on any atom is 0.146 e. The molecule has 1 aromatic heterocycles. The predicted molar refractivity (Wildman–Crippen MR) is 112 cm³/mol. The van der Waals surface area contributed by atoms with Crippen molar-refractivity contribution in [2.24, 2.45) is 0 Å². The highest BCUT2D eigenvalue weighted by molar-refractivity contribution is 7.11. The first kappa shape index (κ1) is 18.1. The minimum atomic E-state index is 0.122. The standard InChI is InChI=1S/C21H19N3O3S/c1-26-14-8-9-16(18(10-14)27-2)24-11-17(25)19(20(24)22)21-23-15(12-28-21)13-6-4-3-5-7-13/h3-10,12,22,25H,11H2,1-2H3. The molecule has 3 aromatic rings. The summed E-state index contributed by atoms with van der Waals surface area (Å²) in [6, 6.07) is 15.2. The van der Waals surface area contributed by atoms with Crippen LogP contribution in [0.4, 0.5) is 5.69 Å². The van der Waals surface area contributed by atoms with Crippen molar-refractivity contribution in [1.82, 2.24) is 4.98 Å². The highest BCUT2D eigenvalue weighted by Crippen LogP contribution is 2.39. The summed E-state index contributed by atoms with van der Waals surface area (Å²) in [6.45, 7) is 0.192. The number of anilines is 1. The summed E-state index contributed by atoms with van der Waals surface area (Å²) in [4.78, 5) is 6.34. The molecule has 6 nitrogen and oxygen atoms in total. The van der Waals surface area contributed by atoms with Crippen LogP contribution in [-0.4, -0.2) is 36.7 Å². The number of aliphatic hydroxyl groups excluding tert-OH is 1. The van der Waals surface area contributed by atoms with E-state index in [1.807, 2.05) is 41.8 Å². The van der Waals surface area contributed by atoms with Crippen molar-refractivity contribution >= 4 is 28.4 Å². The molecule has 2 heterocycles. The first-order chi connectivity index (χ1) is 13.6. The highest BCUT2D eigenvalue weighted by atomic mass is 32.1. The Hall–Kier alpha value is -3.32. The van der Waals surface area contributed by atoms with Crippen LogP contribution in [0.5, 0.6) is 11.5 Å². The van der Waals surface area contributed by atoms with Crippen molar-refractivity contribution < 1.29 is 14.6 Å². The second-order valence-corrected chi connectivity index (χ2v) is 7.06. The maximum atomic E-state index is 10.6. The summed E-state index contributed by atoms with van der Waals surface area (Å²) >= 11 is 1.41. The number of thiazole rings is 1. The Morgan fingerprint density at radius 3 is 2.61 bits per heavy atom. The van der Waals surface area contributed by atoms with Crippen molar-refractivity contribution in [3.63, 3.8) is 0 Å². The van der Waals surface area contributed by atoms with E-state index in [4.69, 9.17) is 14.9 Å². The summed E-state index contributed by atoms with van der Waals surface area (Å²) < 4.78 is 10.7. The van der Waals surface area contributed by atoms with E-state index in [1.54, 1.807) is 31.3 Å². The molecule has 0 saturated carbocycles. The van der Waals surface area contributed by atoms with E-state index < -0.39 is 0 Å². The van der Waals surface area contributed by atoms with Gasteiger partial charge in [-0.25, -0.2) is 4.98 Å². The predicted octanol–water partition coefficient (Wildman–Crippen LogP) is 4.59. The number of ether oxygens (including phenoxy) is 2. The van der Waals surface area contributed by atoms with Gasteiger partial charge in [0.25, 0.3) is 0 Å². The second kappa shape index (κ2) is 7.36. The molecule has 7 heteroatoms. The van der Waals surface area contributed by atoms with E-state index in [-0.39, 0.29) is 18.1 Å². The molecule has 142 valence electrons. The monoisotopic (exact) mass is 393 g/mol. The van der Waals surface area contributed by atoms with Crippen LogP contribution in [0.15, 0.2) is 59.7 Å². The largest absolute Gasteiger partial charge is 0.510 e. The summed E-state index contributed by atoms with van der Waals surface area (Å²) in [5.41, 5.74) is 2.97. The number of rotatable bonds is 5. The molecule has 0 unspecified atom stereocenters. The first-order valence-electron chi connectivity index (χ1n) is 8.64. The molecule has 0 spiro atoms. The first-order valence-corrected chi connectivity index (χ1v) is 9.52. The van der Waals surface area contributed by atoms with E-state index in [0.717, 1.165) is 11.3 Å². The number of amidine groups is 1. The summed E-state index contributed by atoms with van der Waals surface area (Å²) in [5.74, 6) is 1.55. The van der Waals surface area contributed by atoms with Crippen LogP contribution in [0, 0.1) is 5.41 Å². The maximum absolute atomic E-state index is 10.6. The number of methoxy groups -OCH3 is 2. The molecule has 2 aromatic carbocycles. The molecule has 0 radical (unpaired) electrons. The molecule has 0 bridgehead atoms. The topological polar surface area (TPSA) is 78.7 Å². The minimum Gasteiger partial charge on any atom is -0.510 e. The van der Waals surface area contributed by atoms with Gasteiger partial charge in [-0.2, -0.15) is 0 Å². The number of aromatic nitrogens is 1. The third-order valence-electron chi connectivity index (χ3n) is 4.57. The van der Waals surface area contributed by atoms with Gasteiger partial charge in [0, 0.05) is 17.0 Å². The Morgan fingerprint density at radius 2 is 1.89 bits per heavy atom. The van der Waals surface area contributed by atoms with Gasteiger partial charge >= 0.3 is 0 Å². The van der Waals surface area contributed by atoms with Crippen molar-refractivity contribution in [2.45, 2.75) is 0 Å². The zero-order chi connectivity index (χ0) is 19.7. The lowest BCUT2D eigenvalue weighted by molar-refractivity contribution is 0.393. The van der Waals surface area contributed by atoms with E-state index in [1.165, 1.54) is 11.3 Å². The molecule has 4 rings (SSSR count). The molecule has 0 atom stereocenters. The van der Waals surface area contributed by atoms with Gasteiger partial charge in [0.05, 0.1) is 37.7 Å². The van der Waals surface area contributed by atoms with Crippen LogP contribution in [-0.2, 0) is 0 Å². The Bertz CT molecular complexity index is 1060. The molecular formula is C21H19N3O3S. The lowest BCUT2D eigenvalue weighted by Crippen LogP contribution is -2.26. The molecule has 0 amide bonds. The van der Waals surface area contributed by atoms with Crippen LogP contribution in [0.25, 0.3) is 16.8 Å². The van der Waals surface area contributed by atoms with Gasteiger partial charge < -0.3 is 19.5 Å². The molecule has 1 aliphatic heterocycles. The molecular weight excluding hydrogens is 374 g/mol. The van der Waals surface area contributed by atoms with E-state index in [9.17, 15) is 5.11 Å². The zero-order valence-corrected chi connectivity index (χ0v) is 16.3. The highest BCUT2D eigenvalue weighted by Gasteiger charge is 2.32. The minimum absolute atomic E-state index is 0.122. The summed E-state index contributed by atoms with van der Waals surface area (Å²) in [6.07, 6.45) is 0. The van der Waals surface area contributed by atoms with Gasteiger partial charge in [0.1, 0.15) is 28.1 Å². The number of nitrogens with one attached hydrogen (secondary N) is 1. The van der Waals surface area contributed by atoms with Gasteiger partial charge in [-0.05, 0) is 12.1 Å². The normalized spacial score (nSPS) is 13.9. The van der Waals surface area contributed by atoms with Gasteiger partial charge in [-0.3, -0.25) is 5.41 Å². The average molecular weight is 393 g/mol. The molecule has 28 heavy (non-hydrogen) atoms. The van der Waals surface area contributed by atoms with Crippen molar-refractivity contribution in [3.8, 4) is 22.8 Å². The van der Waals surface area contributed by atoms with E-state index >= 15 is 0 Å². The Labute approximate surface area is 166 Å². The summed E-state index contributed by atoms with van der Waals surface area (Å²) in [7, 11) is 3.16. The Balaban J connectivity index is 1.66. The molecule has 2 N–H and O–H groups in total. The molecule has 0 saturated heterocycles. The number of aliphatic hydroxyl groups is 1. The number of hydrogen-bond donors (Lipinski definition) is 2. The Morgan fingerprint density at radius 1 is 1.11 bits per heavy atom. The Kier molecular flexibility index (Phi) is 4.75. The SMILES string of the molecule is COc1ccc(N2CC(O)=C(c3nc(-c4ccccc4)cs3)C2=N)c(OC)c1. The van der Waals surface area contributed by atoms with Crippen LogP contribution >= 0.6 is 11.3 Å². The van der Waals surface area contributed by atoms with Crippen LogP contribution in [0.2, 0.25) is 0 Å². The lowest BCUT2D eigenvalue weighted by Gasteiger charge is -2.21. The number of nitrogens with zero attached hydrogens (tertiary/aromatic N) is 2. The fourth-order valence-corrected chi connectivity index (χ4v) is 4.04. The quantitative estimate of drug-likeness (QED) is 0.663. The zero-order valence-electron chi connectivity index (χ0n) is 15.5. The third-order valence-corrected chi connectivity index (χ3v) is 5.43. The van der Waals surface area contributed by atoms with Gasteiger partial charge in [-0.1, -0.05) is 30.3 Å². The van der Waals surface area contributed by atoms with Crippen LogP contribution in [0.1, 0.15) is 5.01 Å². The van der Waals surface area contributed by atoms with Crippen molar-refractivity contribution in [3.05, 3.63) is 64.7 Å². The number of hydrogen-bond acceptors (Lipinski definition) is 6. The van der Waals surface area contributed by atoms with E-state index in [2.05, 4.69) is 4.98 Å². The number of benzene rings is 2. The van der Waals surface area contributed by atoms with Gasteiger partial charge in [0.15, 0.2) is 0 Å². The molecule has 0 aliphatic carbocycles. The second-order valence-electron chi connectivity index (χ2n) is 6.20. The lowest BCUT2D eigenvalue weighted by atomic mass is 10.2. The fraction of sp³-hybridized carbons (Fsp3) is 0.143. The van der Waals surface area contributed by atoms with Crippen molar-refractivity contribution in [2.75, 3.05) is 25.7 Å².